The second kappa shape index (κ2) is 7.31. The van der Waals surface area contributed by atoms with Crippen LogP contribution in [0.1, 0.15) is 22.8 Å². The van der Waals surface area contributed by atoms with Gasteiger partial charge in [-0.25, -0.2) is 9.97 Å². The number of nitrogens with zero attached hydrogens (tertiary/aromatic N) is 4. The standard InChI is InChI=1S/C16H18N4O2/c1-11-3-5-15(21)13(19-11)9-17-7-8-18-10-14-16(22)6-4-12(2)20-14/h3-6,9-10,21-22H,7-8H2,1-2H3. The number of aromatic nitrogens is 2. The molecule has 2 aromatic rings. The van der Waals surface area contributed by atoms with Gasteiger partial charge in [0.05, 0.1) is 25.5 Å². The Morgan fingerprint density at radius 3 is 1.64 bits per heavy atom. The molecular formula is C16H18N4O2. The average Bonchev–Trinajstić information content (AvgIpc) is 2.49. The van der Waals surface area contributed by atoms with Gasteiger partial charge in [0.15, 0.2) is 0 Å². The Balaban J connectivity index is 1.89. The van der Waals surface area contributed by atoms with Gasteiger partial charge in [0.2, 0.25) is 0 Å². The van der Waals surface area contributed by atoms with Crippen LogP contribution in [0.5, 0.6) is 11.5 Å². The molecule has 0 atom stereocenters. The smallest absolute Gasteiger partial charge is 0.142 e. The minimum Gasteiger partial charge on any atom is -0.506 e. The Morgan fingerprint density at radius 1 is 0.818 bits per heavy atom. The minimum absolute atomic E-state index is 0.103. The Hall–Kier alpha value is -2.76. The fraction of sp³-hybridized carbons (Fsp3) is 0.250. The maximum absolute atomic E-state index is 9.62. The van der Waals surface area contributed by atoms with E-state index >= 15 is 0 Å². The molecule has 22 heavy (non-hydrogen) atoms. The van der Waals surface area contributed by atoms with Crippen LogP contribution in [0.3, 0.4) is 0 Å². The first-order valence-electron chi connectivity index (χ1n) is 6.89. The third kappa shape index (κ3) is 4.37. The van der Waals surface area contributed by atoms with Gasteiger partial charge in [0, 0.05) is 11.4 Å². The zero-order valence-electron chi connectivity index (χ0n) is 12.6. The van der Waals surface area contributed by atoms with E-state index in [1.54, 1.807) is 24.3 Å². The summed E-state index contributed by atoms with van der Waals surface area (Å²) in [6.07, 6.45) is 3.06. The maximum atomic E-state index is 9.62. The van der Waals surface area contributed by atoms with Gasteiger partial charge in [0.25, 0.3) is 0 Å². The van der Waals surface area contributed by atoms with Crippen molar-refractivity contribution in [3.8, 4) is 11.5 Å². The molecule has 0 fully saturated rings. The van der Waals surface area contributed by atoms with E-state index < -0.39 is 0 Å². The largest absolute Gasteiger partial charge is 0.506 e. The molecule has 0 unspecified atom stereocenters. The number of aliphatic imine (C=N–C) groups is 2. The lowest BCUT2D eigenvalue weighted by Gasteiger charge is -1.99. The zero-order valence-corrected chi connectivity index (χ0v) is 12.6. The van der Waals surface area contributed by atoms with Crippen molar-refractivity contribution in [2.45, 2.75) is 13.8 Å². The Morgan fingerprint density at radius 2 is 1.23 bits per heavy atom. The lowest BCUT2D eigenvalue weighted by molar-refractivity contribution is 0.470. The number of hydrogen-bond donors (Lipinski definition) is 2. The lowest BCUT2D eigenvalue weighted by Crippen LogP contribution is -1.95. The molecule has 6 nitrogen and oxygen atoms in total. The van der Waals surface area contributed by atoms with Gasteiger partial charge in [0.1, 0.15) is 22.9 Å². The van der Waals surface area contributed by atoms with Crippen LogP contribution >= 0.6 is 0 Å². The first-order chi connectivity index (χ1) is 10.6. The molecule has 6 heteroatoms. The molecule has 2 rings (SSSR count). The Kier molecular flexibility index (Phi) is 5.19. The van der Waals surface area contributed by atoms with Gasteiger partial charge < -0.3 is 10.2 Å². The van der Waals surface area contributed by atoms with Crippen LogP contribution in [0.4, 0.5) is 0 Å². The quantitative estimate of drug-likeness (QED) is 0.653. The lowest BCUT2D eigenvalue weighted by atomic mass is 10.3. The summed E-state index contributed by atoms with van der Waals surface area (Å²) in [6, 6.07) is 6.65. The molecule has 0 saturated carbocycles. The van der Waals surface area contributed by atoms with Gasteiger partial charge in [-0.05, 0) is 38.1 Å². The molecule has 0 bridgehead atoms. The van der Waals surface area contributed by atoms with Crippen LogP contribution in [0, 0.1) is 13.8 Å². The van der Waals surface area contributed by atoms with E-state index in [4.69, 9.17) is 0 Å². The normalized spacial score (nSPS) is 11.5. The number of pyridine rings is 2. The SMILES string of the molecule is Cc1ccc(O)c(C=NCCN=Cc2nc(C)ccc2O)n1. The van der Waals surface area contributed by atoms with Crippen molar-refractivity contribution in [2.75, 3.05) is 13.1 Å². The van der Waals surface area contributed by atoms with E-state index in [1.807, 2.05) is 13.8 Å². The summed E-state index contributed by atoms with van der Waals surface area (Å²) in [6.45, 7) is 4.61. The Labute approximate surface area is 128 Å². The second-order valence-electron chi connectivity index (χ2n) is 4.78. The van der Waals surface area contributed by atoms with E-state index in [-0.39, 0.29) is 11.5 Å². The van der Waals surface area contributed by atoms with Crippen LogP contribution < -0.4 is 0 Å². The molecule has 0 radical (unpaired) electrons. The molecular weight excluding hydrogens is 280 g/mol. The summed E-state index contributed by atoms with van der Waals surface area (Å²) in [7, 11) is 0. The summed E-state index contributed by atoms with van der Waals surface area (Å²) in [5, 5.41) is 19.2. The number of aryl methyl sites for hydroxylation is 2. The molecule has 2 aromatic heterocycles. The predicted molar refractivity (Wildman–Crippen MR) is 86.2 cm³/mol. The molecule has 114 valence electrons. The first-order valence-corrected chi connectivity index (χ1v) is 6.89. The van der Waals surface area contributed by atoms with Crippen LogP contribution in [0.25, 0.3) is 0 Å². The molecule has 0 aliphatic carbocycles. The highest BCUT2D eigenvalue weighted by molar-refractivity contribution is 5.81. The van der Waals surface area contributed by atoms with Gasteiger partial charge in [-0.15, -0.1) is 0 Å². The summed E-state index contributed by atoms with van der Waals surface area (Å²) >= 11 is 0. The van der Waals surface area contributed by atoms with Gasteiger partial charge in [-0.3, -0.25) is 9.98 Å². The molecule has 0 saturated heterocycles. The zero-order chi connectivity index (χ0) is 15.9. The molecule has 0 aromatic carbocycles. The summed E-state index contributed by atoms with van der Waals surface area (Å²) in [5.41, 5.74) is 2.53. The van der Waals surface area contributed by atoms with Crippen LogP contribution in [-0.2, 0) is 0 Å². The molecule has 2 heterocycles. The maximum Gasteiger partial charge on any atom is 0.142 e. The van der Waals surface area contributed by atoms with E-state index in [0.717, 1.165) is 11.4 Å². The second-order valence-corrected chi connectivity index (χ2v) is 4.78. The summed E-state index contributed by atoms with van der Waals surface area (Å²) in [5.74, 6) is 0.207. The van der Waals surface area contributed by atoms with Crippen molar-refractivity contribution in [2.24, 2.45) is 9.98 Å². The van der Waals surface area contributed by atoms with Gasteiger partial charge in [-0.2, -0.15) is 0 Å². The molecule has 2 N–H and O–H groups in total. The van der Waals surface area contributed by atoms with Crippen LogP contribution in [0.2, 0.25) is 0 Å². The summed E-state index contributed by atoms with van der Waals surface area (Å²) in [4.78, 5) is 16.7. The Bertz CT molecular complexity index is 650. The van der Waals surface area contributed by atoms with E-state index in [0.29, 0.717) is 24.5 Å². The highest BCUT2D eigenvalue weighted by Gasteiger charge is 2.00. The molecule has 0 amide bonds. The minimum atomic E-state index is 0.103. The fourth-order valence-electron chi connectivity index (χ4n) is 1.75. The monoisotopic (exact) mass is 298 g/mol. The van der Waals surface area contributed by atoms with Crippen LogP contribution in [0.15, 0.2) is 34.3 Å². The topological polar surface area (TPSA) is 91.0 Å². The molecule has 0 aliphatic heterocycles. The third-order valence-corrected chi connectivity index (χ3v) is 2.87. The van der Waals surface area contributed by atoms with Crippen molar-refractivity contribution in [1.82, 2.24) is 9.97 Å². The van der Waals surface area contributed by atoms with Gasteiger partial charge in [-0.1, -0.05) is 0 Å². The first kappa shape index (κ1) is 15.6. The number of rotatable bonds is 5. The van der Waals surface area contributed by atoms with Crippen molar-refractivity contribution in [3.05, 3.63) is 47.0 Å². The highest BCUT2D eigenvalue weighted by atomic mass is 16.3. The highest BCUT2D eigenvalue weighted by Crippen LogP contribution is 2.13. The van der Waals surface area contributed by atoms with Crippen molar-refractivity contribution < 1.29 is 10.2 Å². The average molecular weight is 298 g/mol. The van der Waals surface area contributed by atoms with E-state index in [9.17, 15) is 10.2 Å². The van der Waals surface area contributed by atoms with Crippen molar-refractivity contribution in [3.63, 3.8) is 0 Å². The summed E-state index contributed by atoms with van der Waals surface area (Å²) < 4.78 is 0. The fourth-order valence-corrected chi connectivity index (χ4v) is 1.75. The van der Waals surface area contributed by atoms with Crippen LogP contribution in [-0.4, -0.2) is 45.7 Å². The number of aromatic hydroxyl groups is 2. The molecule has 0 aliphatic rings. The van der Waals surface area contributed by atoms with E-state index in [1.165, 1.54) is 12.4 Å². The van der Waals surface area contributed by atoms with Crippen molar-refractivity contribution >= 4 is 12.4 Å². The third-order valence-electron chi connectivity index (χ3n) is 2.87. The predicted octanol–water partition coefficient (Wildman–Crippen LogP) is 2.04. The van der Waals surface area contributed by atoms with E-state index in [2.05, 4.69) is 20.0 Å². The van der Waals surface area contributed by atoms with Gasteiger partial charge >= 0.3 is 0 Å². The molecule has 0 spiro atoms. The van der Waals surface area contributed by atoms with Crippen molar-refractivity contribution in [1.29, 1.82) is 0 Å². The number of hydrogen-bond acceptors (Lipinski definition) is 6.